The third-order valence-electron chi connectivity index (χ3n) is 5.69. The minimum absolute atomic E-state index is 1.02. The Balaban J connectivity index is 1.82. The summed E-state index contributed by atoms with van der Waals surface area (Å²) in [7, 11) is 5.88. The number of benzene rings is 3. The van der Waals surface area contributed by atoms with Gasteiger partial charge in [-0.1, -0.05) is 49.4 Å². The van der Waals surface area contributed by atoms with Crippen molar-refractivity contribution in [2.75, 3.05) is 9.34 Å². The number of para-hydroxylation sites is 2. The monoisotopic (exact) mass is 406 g/mol. The third-order valence-corrected chi connectivity index (χ3v) is 6.80. The summed E-state index contributed by atoms with van der Waals surface area (Å²) < 4.78 is 4.55. The molecule has 0 radical (unpaired) electrons. The van der Waals surface area contributed by atoms with Gasteiger partial charge in [0.05, 0.1) is 0 Å². The molecule has 0 fully saturated rings. The molecule has 3 aromatic carbocycles. The van der Waals surface area contributed by atoms with Gasteiger partial charge in [0, 0.05) is 22.7 Å². The molecular weight excluding hydrogens is 378 g/mol. The standard InChI is InChI=1S/C24H28N2P2/c1-3-18-9-4-6-13-21(18)25(27)23-16-24-20(15-17(23)2)12-8-11-19-10-5-7-14-22(19)26(24)28/h4-7,9-10,13-16H,3,8,11-12,27-28H2,1-2H3. The van der Waals surface area contributed by atoms with E-state index in [9.17, 15) is 0 Å². The van der Waals surface area contributed by atoms with Gasteiger partial charge >= 0.3 is 0 Å². The molecule has 2 nitrogen and oxygen atoms in total. The molecule has 0 aromatic heterocycles. The molecular formula is C24H28N2P2. The van der Waals surface area contributed by atoms with E-state index < -0.39 is 0 Å². The van der Waals surface area contributed by atoms with Gasteiger partial charge < -0.3 is 9.34 Å². The number of rotatable bonds is 3. The molecule has 4 rings (SSSR count). The summed E-state index contributed by atoms with van der Waals surface area (Å²) in [6.07, 6.45) is 4.44. The van der Waals surface area contributed by atoms with Crippen LogP contribution in [0.4, 0.5) is 22.7 Å². The van der Waals surface area contributed by atoms with Gasteiger partial charge in [-0.05, 0) is 91.8 Å². The van der Waals surface area contributed by atoms with Gasteiger partial charge in [-0.15, -0.1) is 0 Å². The molecule has 0 saturated heterocycles. The van der Waals surface area contributed by atoms with Crippen molar-refractivity contribution in [1.82, 2.24) is 0 Å². The second-order valence-electron chi connectivity index (χ2n) is 7.47. The van der Waals surface area contributed by atoms with Crippen LogP contribution in [-0.4, -0.2) is 0 Å². The maximum absolute atomic E-state index is 2.94. The normalized spacial score (nSPS) is 13.4. The second-order valence-corrected chi connectivity index (χ2v) is 8.50. The molecule has 0 N–H and O–H groups in total. The van der Waals surface area contributed by atoms with Crippen molar-refractivity contribution in [2.45, 2.75) is 39.5 Å². The maximum atomic E-state index is 2.94. The van der Waals surface area contributed by atoms with Crippen molar-refractivity contribution in [3.63, 3.8) is 0 Å². The molecule has 0 bridgehead atoms. The summed E-state index contributed by atoms with van der Waals surface area (Å²) in [6, 6.07) is 22.1. The van der Waals surface area contributed by atoms with E-state index in [1.807, 2.05) is 0 Å². The predicted octanol–water partition coefficient (Wildman–Crippen LogP) is 6.90. The number of anilines is 4. The van der Waals surface area contributed by atoms with E-state index in [1.54, 1.807) is 0 Å². The summed E-state index contributed by atoms with van der Waals surface area (Å²) in [6.45, 7) is 4.44. The molecule has 28 heavy (non-hydrogen) atoms. The molecule has 1 aliphatic rings. The molecule has 1 heterocycles. The molecule has 4 heteroatoms. The lowest BCUT2D eigenvalue weighted by atomic mass is 9.96. The Morgan fingerprint density at radius 2 is 1.61 bits per heavy atom. The van der Waals surface area contributed by atoms with Crippen molar-refractivity contribution >= 4 is 41.5 Å². The average molecular weight is 406 g/mol. The zero-order chi connectivity index (χ0) is 19.7. The third kappa shape index (κ3) is 3.57. The minimum atomic E-state index is 1.02. The molecule has 2 atom stereocenters. The first-order valence-electron chi connectivity index (χ1n) is 9.99. The van der Waals surface area contributed by atoms with Crippen molar-refractivity contribution in [1.29, 1.82) is 0 Å². The molecule has 0 amide bonds. The van der Waals surface area contributed by atoms with Crippen LogP contribution < -0.4 is 9.34 Å². The smallest absolute Gasteiger partial charge is 0.0494 e. The van der Waals surface area contributed by atoms with Gasteiger partial charge in [0.2, 0.25) is 0 Å². The Morgan fingerprint density at radius 1 is 0.893 bits per heavy atom. The highest BCUT2D eigenvalue weighted by Gasteiger charge is 2.20. The Morgan fingerprint density at radius 3 is 2.43 bits per heavy atom. The van der Waals surface area contributed by atoms with Crippen LogP contribution in [-0.2, 0) is 19.3 Å². The van der Waals surface area contributed by atoms with Crippen LogP contribution in [0.5, 0.6) is 0 Å². The Labute approximate surface area is 173 Å². The Bertz CT molecular complexity index is 1000. The van der Waals surface area contributed by atoms with Crippen LogP contribution in [0, 0.1) is 6.92 Å². The van der Waals surface area contributed by atoms with Crippen LogP contribution in [0.2, 0.25) is 0 Å². The van der Waals surface area contributed by atoms with Crippen molar-refractivity contribution in [3.8, 4) is 0 Å². The number of fused-ring (bicyclic) bond motifs is 2. The first-order valence-corrected chi connectivity index (χ1v) is 11.0. The molecule has 2 unspecified atom stereocenters. The summed E-state index contributed by atoms with van der Waals surface area (Å²) in [5.41, 5.74) is 10.6. The highest BCUT2D eigenvalue weighted by Crippen LogP contribution is 2.43. The topological polar surface area (TPSA) is 6.48 Å². The first-order chi connectivity index (χ1) is 13.6. The van der Waals surface area contributed by atoms with Crippen LogP contribution >= 0.6 is 18.8 Å². The second kappa shape index (κ2) is 8.24. The van der Waals surface area contributed by atoms with E-state index in [0.717, 1.165) is 19.3 Å². The lowest BCUT2D eigenvalue weighted by Gasteiger charge is -2.31. The number of aryl methyl sites for hydroxylation is 4. The number of hydrogen-bond donors (Lipinski definition) is 0. The van der Waals surface area contributed by atoms with Crippen molar-refractivity contribution in [3.05, 3.63) is 82.9 Å². The Kier molecular flexibility index (Phi) is 5.72. The van der Waals surface area contributed by atoms with Gasteiger partial charge in [0.1, 0.15) is 0 Å². The highest BCUT2D eigenvalue weighted by atomic mass is 31.0. The molecule has 0 saturated carbocycles. The largest absolute Gasteiger partial charge is 0.325 e. The average Bonchev–Trinajstić information content (AvgIpc) is 2.72. The van der Waals surface area contributed by atoms with Gasteiger partial charge in [0.15, 0.2) is 0 Å². The van der Waals surface area contributed by atoms with Gasteiger partial charge in [-0.2, -0.15) is 0 Å². The number of nitrogens with zero attached hydrogens (tertiary/aromatic N) is 2. The quantitative estimate of drug-likeness (QED) is 0.437. The number of hydrogen-bond acceptors (Lipinski definition) is 2. The Hall–Kier alpha value is -1.88. The van der Waals surface area contributed by atoms with Gasteiger partial charge in [-0.3, -0.25) is 0 Å². The molecule has 144 valence electrons. The summed E-state index contributed by atoms with van der Waals surface area (Å²) in [5, 5.41) is 0. The van der Waals surface area contributed by atoms with Gasteiger partial charge in [0.25, 0.3) is 0 Å². The molecule has 0 aliphatic carbocycles. The summed E-state index contributed by atoms with van der Waals surface area (Å²) in [4.78, 5) is 0. The fraction of sp³-hybridized carbons (Fsp3) is 0.250. The van der Waals surface area contributed by atoms with E-state index in [0.29, 0.717) is 0 Å². The SMILES string of the molecule is CCc1ccccc1N(P)c1cc2c(cc1C)CCCc1ccccc1N2P. The van der Waals surface area contributed by atoms with Gasteiger partial charge in [-0.25, -0.2) is 0 Å². The van der Waals surface area contributed by atoms with Crippen LogP contribution in [0.15, 0.2) is 60.7 Å². The van der Waals surface area contributed by atoms with Crippen LogP contribution in [0.3, 0.4) is 0 Å². The van der Waals surface area contributed by atoms with Crippen molar-refractivity contribution < 1.29 is 0 Å². The molecule has 1 aliphatic heterocycles. The molecule has 0 spiro atoms. The summed E-state index contributed by atoms with van der Waals surface area (Å²) >= 11 is 0. The first kappa shape index (κ1) is 19.4. The maximum Gasteiger partial charge on any atom is 0.0494 e. The highest BCUT2D eigenvalue weighted by molar-refractivity contribution is 7.20. The van der Waals surface area contributed by atoms with Crippen LogP contribution in [0.1, 0.15) is 35.6 Å². The summed E-state index contributed by atoms with van der Waals surface area (Å²) in [5.74, 6) is 0. The van der Waals surface area contributed by atoms with E-state index in [1.165, 1.54) is 51.4 Å². The molecule has 3 aromatic rings. The van der Waals surface area contributed by atoms with Crippen molar-refractivity contribution in [2.24, 2.45) is 0 Å². The fourth-order valence-corrected chi connectivity index (χ4v) is 5.18. The van der Waals surface area contributed by atoms with E-state index in [-0.39, 0.29) is 0 Å². The predicted molar refractivity (Wildman–Crippen MR) is 129 cm³/mol. The fourth-order valence-electron chi connectivity index (χ4n) is 4.16. The lowest BCUT2D eigenvalue weighted by molar-refractivity contribution is 0.813. The van der Waals surface area contributed by atoms with Crippen LogP contribution in [0.25, 0.3) is 0 Å². The van der Waals surface area contributed by atoms with E-state index in [2.05, 4.69) is 103 Å². The van der Waals surface area contributed by atoms with E-state index >= 15 is 0 Å². The van der Waals surface area contributed by atoms with E-state index in [4.69, 9.17) is 0 Å². The minimum Gasteiger partial charge on any atom is -0.325 e. The zero-order valence-corrected chi connectivity index (χ0v) is 19.0. The zero-order valence-electron chi connectivity index (χ0n) is 16.7. The lowest BCUT2D eigenvalue weighted by Crippen LogP contribution is -2.13.